The molecule has 202 valence electrons. The fourth-order valence-corrected chi connectivity index (χ4v) is 5.20. The second-order valence-corrected chi connectivity index (χ2v) is 9.85. The number of fused-ring (bicyclic) bond motifs is 1. The third-order valence-electron chi connectivity index (χ3n) is 7.20. The van der Waals surface area contributed by atoms with Gasteiger partial charge in [-0.1, -0.05) is 30.3 Å². The molecule has 2 aliphatic rings. The van der Waals surface area contributed by atoms with Crippen LogP contribution in [0.15, 0.2) is 42.6 Å². The first-order chi connectivity index (χ1) is 17.6. The zero-order valence-corrected chi connectivity index (χ0v) is 20.8. The number of nitrogens with zero attached hydrogens (tertiary/aromatic N) is 2. The molecule has 1 aliphatic heterocycles. The minimum Gasteiger partial charge on any atom is -0.479 e. The van der Waals surface area contributed by atoms with E-state index >= 15 is 0 Å². The highest BCUT2D eigenvalue weighted by atomic mass is 16.4. The SMILES string of the molecule is Cc1ccccc1[C@H]1CCN(C[C@@H]2CCc3cccnc3[C@@H](O)C2)C[C@@H]1O.O=C(O)[C@H](O)[C@@H](O)C(=O)O. The number of rotatable bonds is 6. The van der Waals surface area contributed by atoms with Gasteiger partial charge in [-0.05, 0) is 67.8 Å². The van der Waals surface area contributed by atoms with Crippen molar-refractivity contribution in [2.24, 2.45) is 5.92 Å². The van der Waals surface area contributed by atoms with Gasteiger partial charge in [-0.2, -0.15) is 0 Å². The van der Waals surface area contributed by atoms with Crippen LogP contribution in [0.1, 0.15) is 53.7 Å². The summed E-state index contributed by atoms with van der Waals surface area (Å²) in [6.45, 7) is 4.81. The maximum atomic E-state index is 10.8. The van der Waals surface area contributed by atoms with Crippen molar-refractivity contribution in [3.63, 3.8) is 0 Å². The van der Waals surface area contributed by atoms with E-state index in [0.717, 1.165) is 51.0 Å². The quantitative estimate of drug-likeness (QED) is 0.305. The molecule has 6 N–H and O–H groups in total. The van der Waals surface area contributed by atoms with E-state index < -0.39 is 30.3 Å². The van der Waals surface area contributed by atoms with Crippen molar-refractivity contribution in [3.05, 3.63) is 65.0 Å². The number of hydrogen-bond donors (Lipinski definition) is 6. The summed E-state index contributed by atoms with van der Waals surface area (Å²) in [6.07, 6.45) is 0.250. The summed E-state index contributed by atoms with van der Waals surface area (Å²) in [5.41, 5.74) is 4.60. The summed E-state index contributed by atoms with van der Waals surface area (Å²) < 4.78 is 0. The van der Waals surface area contributed by atoms with Crippen LogP contribution in [0.3, 0.4) is 0 Å². The van der Waals surface area contributed by atoms with E-state index in [9.17, 15) is 19.8 Å². The molecule has 10 nitrogen and oxygen atoms in total. The Bertz CT molecular complexity index is 1050. The lowest BCUT2D eigenvalue weighted by atomic mass is 9.84. The first-order valence-corrected chi connectivity index (χ1v) is 12.5. The van der Waals surface area contributed by atoms with Crippen LogP contribution in [0, 0.1) is 12.8 Å². The number of carboxylic acids is 2. The number of carboxylic acid groups (broad SMARTS) is 2. The molecule has 1 aromatic carbocycles. The molecule has 2 aromatic rings. The van der Waals surface area contributed by atoms with Gasteiger partial charge in [-0.15, -0.1) is 0 Å². The summed E-state index contributed by atoms with van der Waals surface area (Å²) in [5, 5.41) is 53.9. The van der Waals surface area contributed by atoms with Gasteiger partial charge in [0.2, 0.25) is 0 Å². The van der Waals surface area contributed by atoms with Crippen molar-refractivity contribution in [1.82, 2.24) is 9.88 Å². The molecule has 1 fully saturated rings. The first-order valence-electron chi connectivity index (χ1n) is 12.5. The maximum Gasteiger partial charge on any atom is 0.335 e. The molecule has 0 saturated carbocycles. The summed E-state index contributed by atoms with van der Waals surface area (Å²) in [6, 6.07) is 12.5. The lowest BCUT2D eigenvalue weighted by Crippen LogP contribution is -2.44. The highest BCUT2D eigenvalue weighted by molar-refractivity contribution is 5.83. The van der Waals surface area contributed by atoms with Crippen molar-refractivity contribution >= 4 is 11.9 Å². The highest BCUT2D eigenvalue weighted by Gasteiger charge is 2.32. The van der Waals surface area contributed by atoms with Gasteiger partial charge < -0.3 is 35.5 Å². The Morgan fingerprint density at radius 2 is 1.70 bits per heavy atom. The Balaban J connectivity index is 0.000000325. The average molecular weight is 517 g/mol. The molecule has 0 spiro atoms. The zero-order valence-electron chi connectivity index (χ0n) is 20.8. The van der Waals surface area contributed by atoms with Crippen LogP contribution in [0.25, 0.3) is 0 Å². The van der Waals surface area contributed by atoms with Crippen LogP contribution >= 0.6 is 0 Å². The minimum absolute atomic E-state index is 0.232. The monoisotopic (exact) mass is 516 g/mol. The summed E-state index contributed by atoms with van der Waals surface area (Å²) in [4.78, 5) is 26.3. The second kappa shape index (κ2) is 13.1. The van der Waals surface area contributed by atoms with Gasteiger partial charge in [0, 0.05) is 25.2 Å². The first kappa shape index (κ1) is 28.7. The molecule has 0 radical (unpaired) electrons. The number of aliphatic hydroxyl groups excluding tert-OH is 4. The number of carbonyl (C=O) groups is 2. The summed E-state index contributed by atoms with van der Waals surface area (Å²) in [5.74, 6) is -2.86. The van der Waals surface area contributed by atoms with Gasteiger partial charge in [-0.3, -0.25) is 4.98 Å². The molecule has 2 heterocycles. The van der Waals surface area contributed by atoms with E-state index in [-0.39, 0.29) is 12.0 Å². The number of aryl methyl sites for hydroxylation is 2. The molecule has 37 heavy (non-hydrogen) atoms. The number of pyridine rings is 1. The van der Waals surface area contributed by atoms with Gasteiger partial charge in [0.1, 0.15) is 0 Å². The Hall–Kier alpha value is -2.89. The number of likely N-dealkylation sites (tertiary alicyclic amines) is 1. The third-order valence-corrected chi connectivity index (χ3v) is 7.20. The van der Waals surface area contributed by atoms with E-state index in [0.29, 0.717) is 5.92 Å². The predicted molar refractivity (Wildman–Crippen MR) is 134 cm³/mol. The minimum atomic E-state index is -2.27. The molecule has 4 rings (SSSR count). The summed E-state index contributed by atoms with van der Waals surface area (Å²) >= 11 is 0. The number of aromatic nitrogens is 1. The molecule has 1 saturated heterocycles. The van der Waals surface area contributed by atoms with Crippen LogP contribution in [-0.2, 0) is 16.0 Å². The molecule has 10 heteroatoms. The second-order valence-electron chi connectivity index (χ2n) is 9.85. The molecular formula is C27H36N2O8. The highest BCUT2D eigenvalue weighted by Crippen LogP contribution is 2.34. The van der Waals surface area contributed by atoms with Crippen LogP contribution in [0.5, 0.6) is 0 Å². The Morgan fingerprint density at radius 1 is 1.03 bits per heavy atom. The molecule has 6 atom stereocenters. The van der Waals surface area contributed by atoms with Crippen LogP contribution in [0.2, 0.25) is 0 Å². The number of piperidine rings is 1. The van der Waals surface area contributed by atoms with Crippen LogP contribution in [-0.4, -0.2) is 90.4 Å². The number of benzene rings is 1. The topological polar surface area (TPSA) is 172 Å². The lowest BCUT2D eigenvalue weighted by molar-refractivity contribution is -0.165. The number of β-amino-alcohol motifs (C(OH)–C–C–N with tert-alkyl or cyclic N) is 1. The lowest BCUT2D eigenvalue weighted by Gasteiger charge is -2.38. The number of aliphatic carboxylic acids is 2. The fourth-order valence-electron chi connectivity index (χ4n) is 5.20. The van der Waals surface area contributed by atoms with Gasteiger partial charge in [0.15, 0.2) is 12.2 Å². The van der Waals surface area contributed by atoms with E-state index in [4.69, 9.17) is 20.4 Å². The van der Waals surface area contributed by atoms with Crippen molar-refractivity contribution < 1.29 is 40.2 Å². The normalized spacial score (nSPS) is 25.5. The molecule has 0 amide bonds. The van der Waals surface area contributed by atoms with E-state index in [1.807, 2.05) is 6.07 Å². The van der Waals surface area contributed by atoms with Gasteiger partial charge in [-0.25, -0.2) is 9.59 Å². The fraction of sp³-hybridized carbons (Fsp3) is 0.519. The number of aliphatic hydroxyl groups is 4. The van der Waals surface area contributed by atoms with Crippen molar-refractivity contribution in [2.45, 2.75) is 62.9 Å². The Morgan fingerprint density at radius 3 is 2.32 bits per heavy atom. The summed E-state index contributed by atoms with van der Waals surface area (Å²) in [7, 11) is 0. The largest absolute Gasteiger partial charge is 0.479 e. The van der Waals surface area contributed by atoms with Crippen molar-refractivity contribution in [3.8, 4) is 0 Å². The van der Waals surface area contributed by atoms with Crippen molar-refractivity contribution in [2.75, 3.05) is 19.6 Å². The Kier molecular flexibility index (Phi) is 10.1. The molecular weight excluding hydrogens is 480 g/mol. The Labute approximate surface area is 215 Å². The van der Waals surface area contributed by atoms with Gasteiger partial charge in [0.25, 0.3) is 0 Å². The zero-order chi connectivity index (χ0) is 27.1. The molecule has 1 aliphatic carbocycles. The van der Waals surface area contributed by atoms with E-state index in [1.54, 1.807) is 6.20 Å². The molecule has 0 bridgehead atoms. The predicted octanol–water partition coefficient (Wildman–Crippen LogP) is 1.10. The molecule has 1 aromatic heterocycles. The van der Waals surface area contributed by atoms with E-state index in [1.165, 1.54) is 16.7 Å². The van der Waals surface area contributed by atoms with E-state index in [2.05, 4.69) is 47.1 Å². The van der Waals surface area contributed by atoms with Crippen molar-refractivity contribution in [1.29, 1.82) is 0 Å². The average Bonchev–Trinajstić information content (AvgIpc) is 3.02. The smallest absolute Gasteiger partial charge is 0.335 e. The third kappa shape index (κ3) is 7.56. The van der Waals surface area contributed by atoms with Gasteiger partial charge in [0.05, 0.1) is 17.9 Å². The molecule has 0 unspecified atom stereocenters. The van der Waals surface area contributed by atoms with Crippen LogP contribution < -0.4 is 0 Å². The van der Waals surface area contributed by atoms with Crippen LogP contribution in [0.4, 0.5) is 0 Å². The standard InChI is InChI=1S/C23H30N2O2.C4H6O6/c1-16-5-2-3-7-19(16)20-10-12-25(15-22(20)27)14-17-8-9-18-6-4-11-24-23(18)21(26)13-17;5-1(3(7)8)2(6)4(9)10/h2-7,11,17,20-22,26-27H,8-10,12-15H2,1H3;1-2,5-6H,(H,7,8)(H,9,10)/t17-,20-,21+,22+;1-,2-/m11/s1. The maximum absolute atomic E-state index is 10.8. The van der Waals surface area contributed by atoms with Gasteiger partial charge >= 0.3 is 11.9 Å². The number of hydrogen-bond acceptors (Lipinski definition) is 8.